The van der Waals surface area contributed by atoms with Gasteiger partial charge in [0.2, 0.25) is 0 Å². The average Bonchev–Trinajstić information content (AvgIpc) is 2.83. The van der Waals surface area contributed by atoms with Gasteiger partial charge in [0, 0.05) is 25.2 Å². The van der Waals surface area contributed by atoms with Crippen molar-refractivity contribution in [1.82, 2.24) is 10.2 Å². The molecule has 0 aromatic heterocycles. The van der Waals surface area contributed by atoms with Gasteiger partial charge in [-0.3, -0.25) is 4.79 Å². The third-order valence-corrected chi connectivity index (χ3v) is 4.40. The summed E-state index contributed by atoms with van der Waals surface area (Å²) in [6.07, 6.45) is -1.30. The highest BCUT2D eigenvalue weighted by Gasteiger charge is 2.32. The maximum absolute atomic E-state index is 12.7. The molecule has 4 nitrogen and oxygen atoms in total. The molecule has 2 aliphatic heterocycles. The van der Waals surface area contributed by atoms with Gasteiger partial charge in [0.05, 0.1) is 5.56 Å². The number of carbonyl (C=O) groups is 1. The number of ether oxygens (including phenoxy) is 1. The van der Waals surface area contributed by atoms with Crippen molar-refractivity contribution in [2.24, 2.45) is 0 Å². The normalized spacial score (nSPS) is 23.4. The number of nitrogens with one attached hydrogen (secondary N) is 1. The minimum atomic E-state index is -4.42. The molecule has 0 spiro atoms. The predicted molar refractivity (Wildman–Crippen MR) is 85.3 cm³/mol. The van der Waals surface area contributed by atoms with E-state index in [0.717, 1.165) is 31.4 Å². The summed E-state index contributed by atoms with van der Waals surface area (Å²) in [5.74, 6) is -0.126. The van der Waals surface area contributed by atoms with Crippen LogP contribution >= 0.6 is 12.4 Å². The van der Waals surface area contributed by atoms with Crippen molar-refractivity contribution in [1.29, 1.82) is 0 Å². The molecule has 0 radical (unpaired) electrons. The van der Waals surface area contributed by atoms with Gasteiger partial charge in [0.15, 0.2) is 6.61 Å². The van der Waals surface area contributed by atoms with E-state index in [1.807, 2.05) is 0 Å². The van der Waals surface area contributed by atoms with Gasteiger partial charge in [-0.2, -0.15) is 13.2 Å². The molecule has 24 heavy (non-hydrogen) atoms. The Labute approximate surface area is 144 Å². The maximum atomic E-state index is 12.7. The van der Waals surface area contributed by atoms with E-state index in [4.69, 9.17) is 4.74 Å². The molecular formula is C16H20ClF3N2O2. The van der Waals surface area contributed by atoms with Crippen LogP contribution in [0.15, 0.2) is 24.3 Å². The lowest BCUT2D eigenvalue weighted by Crippen LogP contribution is -2.41. The first-order chi connectivity index (χ1) is 10.9. The summed E-state index contributed by atoms with van der Waals surface area (Å²) in [5, 5.41) is 3.48. The summed E-state index contributed by atoms with van der Waals surface area (Å²) >= 11 is 0. The quantitative estimate of drug-likeness (QED) is 0.896. The number of hydrogen-bond acceptors (Lipinski definition) is 3. The number of nitrogens with zero attached hydrogens (tertiary/aromatic N) is 1. The van der Waals surface area contributed by atoms with Crippen LogP contribution in [0.3, 0.4) is 0 Å². The summed E-state index contributed by atoms with van der Waals surface area (Å²) < 4.78 is 43.2. The van der Waals surface area contributed by atoms with Crippen LogP contribution in [0.5, 0.6) is 5.75 Å². The Morgan fingerprint density at radius 1 is 1.25 bits per heavy atom. The number of fused-ring (bicyclic) bond motifs is 2. The van der Waals surface area contributed by atoms with E-state index in [0.29, 0.717) is 25.2 Å². The molecule has 0 saturated carbocycles. The zero-order valence-corrected chi connectivity index (χ0v) is 13.8. The summed E-state index contributed by atoms with van der Waals surface area (Å²) in [6.45, 7) is 1.07. The van der Waals surface area contributed by atoms with E-state index in [2.05, 4.69) is 5.32 Å². The van der Waals surface area contributed by atoms with Crippen LogP contribution < -0.4 is 10.1 Å². The van der Waals surface area contributed by atoms with Gasteiger partial charge >= 0.3 is 6.18 Å². The average molecular weight is 365 g/mol. The Morgan fingerprint density at radius 3 is 2.75 bits per heavy atom. The van der Waals surface area contributed by atoms with E-state index in [1.54, 1.807) is 4.90 Å². The summed E-state index contributed by atoms with van der Waals surface area (Å²) in [7, 11) is 0. The molecule has 134 valence electrons. The molecular weight excluding hydrogens is 345 g/mol. The topological polar surface area (TPSA) is 41.6 Å². The largest absolute Gasteiger partial charge is 0.484 e. The minimum absolute atomic E-state index is 0. The summed E-state index contributed by atoms with van der Waals surface area (Å²) in [5.41, 5.74) is -0.779. The van der Waals surface area contributed by atoms with Gasteiger partial charge in [-0.1, -0.05) is 6.07 Å². The molecule has 2 atom stereocenters. The number of amides is 1. The molecule has 2 aliphatic rings. The van der Waals surface area contributed by atoms with E-state index < -0.39 is 11.7 Å². The first kappa shape index (κ1) is 18.9. The monoisotopic (exact) mass is 364 g/mol. The highest BCUT2D eigenvalue weighted by atomic mass is 35.5. The highest BCUT2D eigenvalue weighted by Crippen LogP contribution is 2.31. The van der Waals surface area contributed by atoms with Gasteiger partial charge in [-0.15, -0.1) is 12.4 Å². The smallest absolute Gasteiger partial charge is 0.416 e. The molecule has 3 rings (SSSR count). The molecule has 2 heterocycles. The van der Waals surface area contributed by atoms with Gasteiger partial charge in [-0.25, -0.2) is 0 Å². The van der Waals surface area contributed by atoms with Crippen LogP contribution in [-0.4, -0.2) is 42.6 Å². The van der Waals surface area contributed by atoms with Crippen molar-refractivity contribution < 1.29 is 22.7 Å². The number of halogens is 4. The number of benzene rings is 1. The van der Waals surface area contributed by atoms with Crippen LogP contribution in [-0.2, 0) is 11.0 Å². The number of alkyl halides is 3. The second-order valence-corrected chi connectivity index (χ2v) is 6.08. The highest BCUT2D eigenvalue weighted by molar-refractivity contribution is 5.85. The molecule has 2 fully saturated rings. The lowest BCUT2D eigenvalue weighted by Gasteiger charge is -2.24. The number of hydrogen-bond donors (Lipinski definition) is 1. The third kappa shape index (κ3) is 4.54. The summed E-state index contributed by atoms with van der Waals surface area (Å²) in [4.78, 5) is 14.0. The first-order valence-electron chi connectivity index (χ1n) is 7.76. The molecule has 1 N–H and O–H groups in total. The molecule has 0 aliphatic carbocycles. The zero-order valence-electron chi connectivity index (χ0n) is 13.0. The predicted octanol–water partition coefficient (Wildman–Crippen LogP) is 2.86. The Morgan fingerprint density at radius 2 is 2.00 bits per heavy atom. The fourth-order valence-electron chi connectivity index (χ4n) is 3.17. The van der Waals surface area contributed by atoms with Crippen LogP contribution in [0, 0.1) is 0 Å². The molecule has 8 heteroatoms. The van der Waals surface area contributed by atoms with E-state index in [-0.39, 0.29) is 30.7 Å². The summed E-state index contributed by atoms with van der Waals surface area (Å²) in [6, 6.07) is 5.39. The van der Waals surface area contributed by atoms with Crippen LogP contribution in [0.25, 0.3) is 0 Å². The first-order valence-corrected chi connectivity index (χ1v) is 7.76. The Balaban J connectivity index is 0.00000208. The lowest BCUT2D eigenvalue weighted by atomic mass is 10.1. The Bertz CT molecular complexity index is 583. The SMILES string of the molecule is Cl.O=C(COc1cccc(C(F)(F)F)c1)N1CCC2CCC(C1)N2. The van der Waals surface area contributed by atoms with Crippen molar-refractivity contribution >= 4 is 18.3 Å². The van der Waals surface area contributed by atoms with Crippen LogP contribution in [0.1, 0.15) is 24.8 Å². The number of carbonyl (C=O) groups excluding carboxylic acids is 1. The fraction of sp³-hybridized carbons (Fsp3) is 0.562. The van der Waals surface area contributed by atoms with Crippen molar-refractivity contribution in [3.63, 3.8) is 0 Å². The van der Waals surface area contributed by atoms with Crippen molar-refractivity contribution in [3.05, 3.63) is 29.8 Å². The van der Waals surface area contributed by atoms with Gasteiger partial charge in [0.1, 0.15) is 5.75 Å². The van der Waals surface area contributed by atoms with E-state index in [1.165, 1.54) is 12.1 Å². The Kier molecular flexibility index (Phi) is 5.98. The van der Waals surface area contributed by atoms with E-state index in [9.17, 15) is 18.0 Å². The molecule has 1 aromatic rings. The van der Waals surface area contributed by atoms with Crippen LogP contribution in [0.4, 0.5) is 13.2 Å². The number of likely N-dealkylation sites (tertiary alicyclic amines) is 1. The lowest BCUT2D eigenvalue weighted by molar-refractivity contribution is -0.137. The Hall–Kier alpha value is -1.47. The molecule has 2 bridgehead atoms. The molecule has 1 amide bonds. The van der Waals surface area contributed by atoms with Gasteiger partial charge in [-0.05, 0) is 37.5 Å². The maximum Gasteiger partial charge on any atom is 0.416 e. The third-order valence-electron chi connectivity index (χ3n) is 4.40. The minimum Gasteiger partial charge on any atom is -0.484 e. The van der Waals surface area contributed by atoms with Gasteiger partial charge < -0.3 is 15.0 Å². The number of rotatable bonds is 3. The second kappa shape index (κ2) is 7.61. The van der Waals surface area contributed by atoms with Crippen molar-refractivity contribution in [2.45, 2.75) is 37.5 Å². The second-order valence-electron chi connectivity index (χ2n) is 6.08. The molecule has 2 unspecified atom stereocenters. The molecule has 1 aromatic carbocycles. The van der Waals surface area contributed by atoms with Crippen LogP contribution in [0.2, 0.25) is 0 Å². The van der Waals surface area contributed by atoms with Crippen molar-refractivity contribution in [2.75, 3.05) is 19.7 Å². The zero-order chi connectivity index (χ0) is 16.4. The fourth-order valence-corrected chi connectivity index (χ4v) is 3.17. The van der Waals surface area contributed by atoms with Crippen molar-refractivity contribution in [3.8, 4) is 5.75 Å². The molecule has 2 saturated heterocycles. The standard InChI is InChI=1S/C16H19F3N2O2.ClH/c17-16(18,19)11-2-1-3-14(8-11)23-10-15(22)21-7-6-12-4-5-13(9-21)20-12;/h1-3,8,12-13,20H,4-7,9-10H2;1H. The van der Waals surface area contributed by atoms with E-state index >= 15 is 0 Å². The van der Waals surface area contributed by atoms with Gasteiger partial charge in [0.25, 0.3) is 5.91 Å².